The summed E-state index contributed by atoms with van der Waals surface area (Å²) in [5.74, 6) is 1.76. The Labute approximate surface area is 130 Å². The van der Waals surface area contributed by atoms with E-state index in [2.05, 4.69) is 40.0 Å². The minimum absolute atomic E-state index is 0.549. The number of aromatic nitrogens is 2. The Morgan fingerprint density at radius 3 is 2.86 bits per heavy atom. The van der Waals surface area contributed by atoms with E-state index in [0.717, 1.165) is 17.5 Å². The lowest BCUT2D eigenvalue weighted by atomic mass is 10.2. The van der Waals surface area contributed by atoms with E-state index in [4.69, 9.17) is 10.7 Å². The van der Waals surface area contributed by atoms with Crippen LogP contribution in [0.5, 0.6) is 0 Å². The van der Waals surface area contributed by atoms with Gasteiger partial charge in [-0.2, -0.15) is 0 Å². The third-order valence-corrected chi connectivity index (χ3v) is 4.42. The molecule has 2 fully saturated rings. The molecule has 2 saturated carbocycles. The molecule has 0 unspecified atom stereocenters. The quantitative estimate of drug-likeness (QED) is 0.658. The first-order chi connectivity index (χ1) is 10.7. The number of imidazole rings is 1. The van der Waals surface area contributed by atoms with E-state index in [1.165, 1.54) is 37.0 Å². The normalized spacial score (nSPS) is 18.9. The van der Waals surface area contributed by atoms with Gasteiger partial charge in [-0.05, 0) is 43.4 Å². The number of aryl methyl sites for hydroxylation is 1. The minimum Gasteiger partial charge on any atom is -0.370 e. The molecule has 2 aliphatic rings. The maximum Gasteiger partial charge on any atom is 0.189 e. The first kappa shape index (κ1) is 13.6. The van der Waals surface area contributed by atoms with Crippen molar-refractivity contribution in [2.45, 2.75) is 57.7 Å². The molecule has 0 radical (unpaired) electrons. The Morgan fingerprint density at radius 1 is 1.36 bits per heavy atom. The van der Waals surface area contributed by atoms with Crippen LogP contribution in [0.15, 0.2) is 23.2 Å². The van der Waals surface area contributed by atoms with Crippen molar-refractivity contribution in [2.24, 2.45) is 10.7 Å². The second kappa shape index (κ2) is 5.30. The summed E-state index contributed by atoms with van der Waals surface area (Å²) in [4.78, 5) is 9.23. The van der Waals surface area contributed by atoms with E-state index in [-0.39, 0.29) is 0 Å². The molecule has 1 aromatic carbocycles. The Hall–Kier alpha value is -2.04. The van der Waals surface area contributed by atoms with Crippen LogP contribution in [0.4, 0.5) is 0 Å². The van der Waals surface area contributed by atoms with Crippen LogP contribution in [0, 0.1) is 0 Å². The van der Waals surface area contributed by atoms with Gasteiger partial charge in [0.2, 0.25) is 0 Å². The summed E-state index contributed by atoms with van der Waals surface area (Å²) >= 11 is 0. The molecular formula is C17H23N5. The molecule has 1 aromatic heterocycles. The molecule has 4 rings (SSSR count). The summed E-state index contributed by atoms with van der Waals surface area (Å²) in [6.45, 7) is 2.79. The molecule has 0 saturated heterocycles. The van der Waals surface area contributed by atoms with Crippen LogP contribution in [-0.4, -0.2) is 21.6 Å². The molecule has 3 N–H and O–H groups in total. The Bertz CT molecular complexity index is 722. The van der Waals surface area contributed by atoms with Crippen LogP contribution in [0.1, 0.15) is 50.0 Å². The fourth-order valence-electron chi connectivity index (χ4n) is 2.94. The second-order valence-electron chi connectivity index (χ2n) is 6.43. The molecule has 5 nitrogen and oxygen atoms in total. The summed E-state index contributed by atoms with van der Waals surface area (Å²) in [5, 5.41) is 3.21. The molecule has 2 aromatic rings. The Morgan fingerprint density at radius 2 is 2.18 bits per heavy atom. The van der Waals surface area contributed by atoms with Gasteiger partial charge in [-0.15, -0.1) is 0 Å². The van der Waals surface area contributed by atoms with E-state index in [1.54, 1.807) is 0 Å². The molecule has 0 aliphatic heterocycles. The van der Waals surface area contributed by atoms with Gasteiger partial charge >= 0.3 is 0 Å². The van der Waals surface area contributed by atoms with Gasteiger partial charge in [0.15, 0.2) is 5.96 Å². The number of hydrogen-bond acceptors (Lipinski definition) is 2. The molecule has 0 atom stereocenters. The van der Waals surface area contributed by atoms with Gasteiger partial charge in [-0.25, -0.2) is 9.98 Å². The molecule has 2 aliphatic carbocycles. The van der Waals surface area contributed by atoms with Crippen molar-refractivity contribution in [3.8, 4) is 0 Å². The molecule has 0 bridgehead atoms. The van der Waals surface area contributed by atoms with Crippen LogP contribution >= 0.6 is 0 Å². The van der Waals surface area contributed by atoms with Gasteiger partial charge in [0.05, 0.1) is 17.6 Å². The largest absolute Gasteiger partial charge is 0.370 e. The van der Waals surface area contributed by atoms with Gasteiger partial charge in [-0.1, -0.05) is 13.0 Å². The zero-order valence-electron chi connectivity index (χ0n) is 13.0. The third-order valence-electron chi connectivity index (χ3n) is 4.42. The van der Waals surface area contributed by atoms with Crippen molar-refractivity contribution in [1.82, 2.24) is 14.9 Å². The number of rotatable bonds is 5. The fraction of sp³-hybridized carbons (Fsp3) is 0.529. The number of nitrogens with two attached hydrogens (primary N) is 1. The smallest absolute Gasteiger partial charge is 0.189 e. The highest BCUT2D eigenvalue weighted by atomic mass is 15.1. The summed E-state index contributed by atoms with van der Waals surface area (Å²) in [6.07, 6.45) is 5.97. The van der Waals surface area contributed by atoms with Crippen LogP contribution in [0.25, 0.3) is 11.0 Å². The lowest BCUT2D eigenvalue weighted by Gasteiger charge is -2.06. The first-order valence-electron chi connectivity index (χ1n) is 8.31. The highest BCUT2D eigenvalue weighted by Crippen LogP contribution is 2.38. The number of aliphatic imine (C=N–C) groups is 1. The molecule has 5 heteroatoms. The van der Waals surface area contributed by atoms with Gasteiger partial charge in [0, 0.05) is 18.5 Å². The van der Waals surface area contributed by atoms with Crippen molar-refractivity contribution < 1.29 is 0 Å². The minimum atomic E-state index is 0.549. The average Bonchev–Trinajstić information content (AvgIpc) is 3.44. The lowest BCUT2D eigenvalue weighted by Crippen LogP contribution is -2.33. The fourth-order valence-corrected chi connectivity index (χ4v) is 2.94. The monoisotopic (exact) mass is 297 g/mol. The maximum absolute atomic E-state index is 5.89. The maximum atomic E-state index is 5.89. The second-order valence-corrected chi connectivity index (χ2v) is 6.43. The standard InChI is InChI=1S/C17H23N5/c1-2-16-21-14-9-11(10-19-17(18)20-12-4-5-12)3-8-15(14)22(16)13-6-7-13/h3,8-9,12-13H,2,4-7,10H2,1H3,(H3,18,19,20). The number of nitrogens with one attached hydrogen (secondary N) is 1. The summed E-state index contributed by atoms with van der Waals surface area (Å²) in [7, 11) is 0. The SMILES string of the molecule is CCc1nc2cc(CN=C(N)NC3CC3)ccc2n1C1CC1. The first-order valence-corrected chi connectivity index (χ1v) is 8.31. The Kier molecular flexibility index (Phi) is 3.28. The van der Waals surface area contributed by atoms with E-state index >= 15 is 0 Å². The van der Waals surface area contributed by atoms with E-state index in [9.17, 15) is 0 Å². The predicted molar refractivity (Wildman–Crippen MR) is 88.9 cm³/mol. The number of fused-ring (bicyclic) bond motifs is 1. The molecular weight excluding hydrogens is 274 g/mol. The predicted octanol–water partition coefficient (Wildman–Crippen LogP) is 2.50. The van der Waals surface area contributed by atoms with Gasteiger partial charge < -0.3 is 15.6 Å². The number of benzene rings is 1. The Balaban J connectivity index is 1.57. The van der Waals surface area contributed by atoms with Gasteiger partial charge in [0.25, 0.3) is 0 Å². The van der Waals surface area contributed by atoms with E-state index in [0.29, 0.717) is 24.6 Å². The van der Waals surface area contributed by atoms with Gasteiger partial charge in [-0.3, -0.25) is 0 Å². The van der Waals surface area contributed by atoms with Crippen molar-refractivity contribution in [1.29, 1.82) is 0 Å². The number of hydrogen-bond donors (Lipinski definition) is 2. The summed E-state index contributed by atoms with van der Waals surface area (Å²) in [6, 6.07) is 7.71. The molecule has 0 amide bonds. The molecule has 1 heterocycles. The zero-order valence-corrected chi connectivity index (χ0v) is 13.0. The van der Waals surface area contributed by atoms with Gasteiger partial charge in [0.1, 0.15) is 5.82 Å². The highest BCUT2D eigenvalue weighted by molar-refractivity contribution is 5.79. The molecule has 116 valence electrons. The van der Waals surface area contributed by atoms with Crippen LogP contribution in [-0.2, 0) is 13.0 Å². The lowest BCUT2D eigenvalue weighted by molar-refractivity contribution is 0.708. The van der Waals surface area contributed by atoms with Crippen molar-refractivity contribution in [3.63, 3.8) is 0 Å². The van der Waals surface area contributed by atoms with Crippen molar-refractivity contribution >= 4 is 17.0 Å². The zero-order chi connectivity index (χ0) is 15.1. The summed E-state index contributed by atoms with van der Waals surface area (Å²) < 4.78 is 2.42. The van der Waals surface area contributed by atoms with Crippen molar-refractivity contribution in [2.75, 3.05) is 0 Å². The number of nitrogens with zero attached hydrogens (tertiary/aromatic N) is 3. The topological polar surface area (TPSA) is 68.2 Å². The highest BCUT2D eigenvalue weighted by Gasteiger charge is 2.27. The molecule has 22 heavy (non-hydrogen) atoms. The van der Waals surface area contributed by atoms with Crippen molar-refractivity contribution in [3.05, 3.63) is 29.6 Å². The summed E-state index contributed by atoms with van der Waals surface area (Å²) in [5.41, 5.74) is 9.40. The van der Waals surface area contributed by atoms with E-state index < -0.39 is 0 Å². The number of guanidine groups is 1. The molecule has 0 spiro atoms. The van der Waals surface area contributed by atoms with E-state index in [1.807, 2.05) is 0 Å². The van der Waals surface area contributed by atoms with Crippen LogP contribution < -0.4 is 11.1 Å². The average molecular weight is 297 g/mol. The third kappa shape index (κ3) is 2.67. The van der Waals surface area contributed by atoms with Crippen LogP contribution in [0.2, 0.25) is 0 Å². The van der Waals surface area contributed by atoms with Crippen LogP contribution in [0.3, 0.4) is 0 Å².